The maximum absolute atomic E-state index is 3.37. The van der Waals surface area contributed by atoms with Crippen molar-refractivity contribution < 1.29 is 0 Å². The van der Waals surface area contributed by atoms with Gasteiger partial charge in [0.2, 0.25) is 0 Å². The molecular formula is C13H23N. The first-order valence-corrected chi connectivity index (χ1v) is 6.02. The number of hydrogen-bond acceptors (Lipinski definition) is 1. The van der Waals surface area contributed by atoms with Crippen LogP contribution in [0, 0.1) is 11.3 Å². The molecule has 0 amide bonds. The molecule has 0 aromatic heterocycles. The quantitative estimate of drug-likeness (QED) is 0.664. The largest absolute Gasteiger partial charge is 0.319 e. The van der Waals surface area contributed by atoms with Crippen LogP contribution in [0.5, 0.6) is 0 Å². The van der Waals surface area contributed by atoms with Gasteiger partial charge in [0, 0.05) is 0 Å². The van der Waals surface area contributed by atoms with Gasteiger partial charge in [-0.25, -0.2) is 0 Å². The Labute approximate surface area is 88.0 Å². The second kappa shape index (κ2) is 3.69. The van der Waals surface area contributed by atoms with E-state index in [9.17, 15) is 0 Å². The Bertz CT molecular complexity index is 254. The summed E-state index contributed by atoms with van der Waals surface area (Å²) in [6.07, 6.45) is 7.11. The van der Waals surface area contributed by atoms with Gasteiger partial charge in [-0.05, 0) is 64.5 Å². The van der Waals surface area contributed by atoms with E-state index in [4.69, 9.17) is 0 Å². The second-order valence-electron chi connectivity index (χ2n) is 5.21. The van der Waals surface area contributed by atoms with E-state index >= 15 is 0 Å². The van der Waals surface area contributed by atoms with Crippen molar-refractivity contribution in [2.45, 2.75) is 46.0 Å². The summed E-state index contributed by atoms with van der Waals surface area (Å²) in [6, 6.07) is 0. The number of hydrogen-bond donors (Lipinski definition) is 1. The normalized spacial score (nSPS) is 37.5. The summed E-state index contributed by atoms with van der Waals surface area (Å²) < 4.78 is 0. The molecule has 0 aliphatic heterocycles. The van der Waals surface area contributed by atoms with E-state index in [0.29, 0.717) is 5.41 Å². The monoisotopic (exact) mass is 193 g/mol. The van der Waals surface area contributed by atoms with Crippen LogP contribution in [0.1, 0.15) is 46.0 Å². The SMILES string of the molecule is CNCC1CCCC12CCC(C)=C2C. The molecule has 0 saturated heterocycles. The van der Waals surface area contributed by atoms with Crippen LogP contribution in [0.15, 0.2) is 11.1 Å². The summed E-state index contributed by atoms with van der Waals surface area (Å²) in [4.78, 5) is 0. The van der Waals surface area contributed by atoms with Crippen LogP contribution in [-0.4, -0.2) is 13.6 Å². The molecule has 1 fully saturated rings. The Hall–Kier alpha value is -0.300. The fraction of sp³-hybridized carbons (Fsp3) is 0.846. The predicted molar refractivity (Wildman–Crippen MR) is 61.3 cm³/mol. The first-order valence-electron chi connectivity index (χ1n) is 6.02. The van der Waals surface area contributed by atoms with Crippen molar-refractivity contribution in [3.05, 3.63) is 11.1 Å². The molecule has 0 aromatic rings. The summed E-state index contributed by atoms with van der Waals surface area (Å²) in [6.45, 7) is 5.93. The van der Waals surface area contributed by atoms with E-state index in [-0.39, 0.29) is 0 Å². The maximum atomic E-state index is 3.37. The van der Waals surface area contributed by atoms with Gasteiger partial charge in [0.05, 0.1) is 0 Å². The van der Waals surface area contributed by atoms with Crippen molar-refractivity contribution in [3.63, 3.8) is 0 Å². The third-order valence-electron chi connectivity index (χ3n) is 4.74. The number of allylic oxidation sites excluding steroid dienone is 2. The standard InChI is InChI=1S/C13H23N/c1-10-6-8-13(11(10)2)7-4-5-12(13)9-14-3/h12,14H,4-9H2,1-3H3. The van der Waals surface area contributed by atoms with Gasteiger partial charge >= 0.3 is 0 Å². The van der Waals surface area contributed by atoms with Crippen molar-refractivity contribution in [2.75, 3.05) is 13.6 Å². The van der Waals surface area contributed by atoms with Gasteiger partial charge in [-0.1, -0.05) is 17.6 Å². The van der Waals surface area contributed by atoms with Gasteiger partial charge in [-0.15, -0.1) is 0 Å². The summed E-state index contributed by atoms with van der Waals surface area (Å²) in [5.74, 6) is 0.907. The highest BCUT2D eigenvalue weighted by Crippen LogP contribution is 2.56. The molecule has 1 N–H and O–H groups in total. The first kappa shape index (κ1) is 10.2. The molecule has 1 spiro atoms. The molecule has 0 aromatic carbocycles. The van der Waals surface area contributed by atoms with Crippen molar-refractivity contribution in [1.82, 2.24) is 5.32 Å². The molecule has 1 saturated carbocycles. The Morgan fingerprint density at radius 2 is 2.14 bits per heavy atom. The van der Waals surface area contributed by atoms with Crippen molar-refractivity contribution in [3.8, 4) is 0 Å². The molecule has 0 radical (unpaired) electrons. The molecule has 2 atom stereocenters. The Kier molecular flexibility index (Phi) is 2.70. The predicted octanol–water partition coefficient (Wildman–Crippen LogP) is 3.12. The molecule has 0 bridgehead atoms. The Morgan fingerprint density at radius 3 is 2.71 bits per heavy atom. The summed E-state index contributed by atoms with van der Waals surface area (Å²) in [5.41, 5.74) is 4.01. The zero-order chi connectivity index (χ0) is 10.2. The lowest BCUT2D eigenvalue weighted by Gasteiger charge is -2.33. The Morgan fingerprint density at radius 1 is 1.36 bits per heavy atom. The minimum absolute atomic E-state index is 0.604. The third-order valence-corrected chi connectivity index (χ3v) is 4.74. The highest BCUT2D eigenvalue weighted by molar-refractivity contribution is 5.28. The topological polar surface area (TPSA) is 12.0 Å². The van der Waals surface area contributed by atoms with E-state index in [1.807, 2.05) is 0 Å². The van der Waals surface area contributed by atoms with Crippen LogP contribution >= 0.6 is 0 Å². The average Bonchev–Trinajstić information content (AvgIpc) is 2.69. The smallest absolute Gasteiger partial charge is 0.00151 e. The lowest BCUT2D eigenvalue weighted by Crippen LogP contribution is -2.31. The van der Waals surface area contributed by atoms with Crippen LogP contribution in [0.2, 0.25) is 0 Å². The van der Waals surface area contributed by atoms with Gasteiger partial charge in [0.25, 0.3) is 0 Å². The molecule has 2 aliphatic carbocycles. The maximum Gasteiger partial charge on any atom is -0.00151 e. The highest BCUT2D eigenvalue weighted by Gasteiger charge is 2.46. The lowest BCUT2D eigenvalue weighted by atomic mass is 9.73. The van der Waals surface area contributed by atoms with Crippen LogP contribution in [0.3, 0.4) is 0 Å². The van der Waals surface area contributed by atoms with Gasteiger partial charge in [0.15, 0.2) is 0 Å². The summed E-state index contributed by atoms with van der Waals surface area (Å²) in [5, 5.41) is 3.37. The van der Waals surface area contributed by atoms with Crippen molar-refractivity contribution >= 4 is 0 Å². The average molecular weight is 193 g/mol. The Balaban J connectivity index is 2.22. The van der Waals surface area contributed by atoms with Crippen molar-refractivity contribution in [2.24, 2.45) is 11.3 Å². The number of nitrogens with one attached hydrogen (secondary N) is 1. The molecule has 0 heterocycles. The van der Waals surface area contributed by atoms with Crippen LogP contribution < -0.4 is 5.32 Å². The van der Waals surface area contributed by atoms with E-state index in [1.54, 1.807) is 11.1 Å². The minimum Gasteiger partial charge on any atom is -0.319 e. The molecule has 2 rings (SSSR count). The number of rotatable bonds is 2. The van der Waals surface area contributed by atoms with Gasteiger partial charge < -0.3 is 5.32 Å². The molecular weight excluding hydrogens is 170 g/mol. The molecule has 2 unspecified atom stereocenters. The van der Waals surface area contributed by atoms with Gasteiger partial charge in [-0.2, -0.15) is 0 Å². The zero-order valence-corrected chi connectivity index (χ0v) is 9.82. The zero-order valence-electron chi connectivity index (χ0n) is 9.82. The molecule has 14 heavy (non-hydrogen) atoms. The van der Waals surface area contributed by atoms with Gasteiger partial charge in [0.1, 0.15) is 0 Å². The molecule has 2 aliphatic rings. The molecule has 80 valence electrons. The summed E-state index contributed by atoms with van der Waals surface area (Å²) in [7, 11) is 2.09. The lowest BCUT2D eigenvalue weighted by molar-refractivity contribution is 0.248. The van der Waals surface area contributed by atoms with Gasteiger partial charge in [-0.3, -0.25) is 0 Å². The van der Waals surface area contributed by atoms with Crippen LogP contribution in [0.4, 0.5) is 0 Å². The molecule has 1 heteroatoms. The second-order valence-corrected chi connectivity index (χ2v) is 5.21. The summed E-state index contributed by atoms with van der Waals surface area (Å²) >= 11 is 0. The fourth-order valence-electron chi connectivity index (χ4n) is 3.72. The first-order chi connectivity index (χ1) is 6.70. The molecule has 1 nitrogen and oxygen atoms in total. The van der Waals surface area contributed by atoms with Crippen LogP contribution in [-0.2, 0) is 0 Å². The van der Waals surface area contributed by atoms with E-state index < -0.39 is 0 Å². The fourth-order valence-corrected chi connectivity index (χ4v) is 3.72. The third kappa shape index (κ3) is 1.33. The van der Waals surface area contributed by atoms with Crippen molar-refractivity contribution in [1.29, 1.82) is 0 Å². The van der Waals surface area contributed by atoms with E-state index in [0.717, 1.165) is 5.92 Å². The highest BCUT2D eigenvalue weighted by atomic mass is 14.8. The van der Waals surface area contributed by atoms with E-state index in [2.05, 4.69) is 26.2 Å². The van der Waals surface area contributed by atoms with Crippen LogP contribution in [0.25, 0.3) is 0 Å². The minimum atomic E-state index is 0.604. The van der Waals surface area contributed by atoms with E-state index in [1.165, 1.54) is 38.6 Å².